The Morgan fingerprint density at radius 1 is 1.11 bits per heavy atom. The van der Waals surface area contributed by atoms with Gasteiger partial charge in [0.05, 0.1) is 36.0 Å². The van der Waals surface area contributed by atoms with Crippen molar-refractivity contribution in [2.75, 3.05) is 25.5 Å². The number of aryl methyl sites for hydroxylation is 2. The van der Waals surface area contributed by atoms with E-state index in [4.69, 9.17) is 20.4 Å². The van der Waals surface area contributed by atoms with Gasteiger partial charge in [-0.1, -0.05) is 37.6 Å². The van der Waals surface area contributed by atoms with Crippen LogP contribution in [0.3, 0.4) is 0 Å². The number of aromatic nitrogens is 3. The van der Waals surface area contributed by atoms with Crippen LogP contribution in [0.2, 0.25) is 0 Å². The summed E-state index contributed by atoms with van der Waals surface area (Å²) in [4.78, 5) is 13.5. The number of fused-ring (bicyclic) bond motifs is 3. The molecule has 35 heavy (non-hydrogen) atoms. The fraction of sp³-hybridized carbons (Fsp3) is 0.370. The number of hydrogen-bond donors (Lipinski definition) is 2. The Balaban J connectivity index is 1.72. The van der Waals surface area contributed by atoms with E-state index in [2.05, 4.69) is 52.1 Å². The average molecular weight is 490 g/mol. The number of anilines is 1. The SMILES string of the molecule is CCCCc1nc2c(N)nc3cc(CCOCCN=C=S)ccc3c2n1Cc1ccc(O)c(C)c1. The Labute approximate surface area is 210 Å². The second kappa shape index (κ2) is 11.4. The molecule has 0 atom stereocenters. The third kappa shape index (κ3) is 5.68. The third-order valence-electron chi connectivity index (χ3n) is 6.15. The van der Waals surface area contributed by atoms with Crippen molar-refractivity contribution in [1.82, 2.24) is 14.5 Å². The van der Waals surface area contributed by atoms with E-state index >= 15 is 0 Å². The minimum Gasteiger partial charge on any atom is -0.508 e. The smallest absolute Gasteiger partial charge is 0.152 e. The van der Waals surface area contributed by atoms with E-state index < -0.39 is 0 Å². The summed E-state index contributed by atoms with van der Waals surface area (Å²) in [5, 5.41) is 13.3. The summed E-state index contributed by atoms with van der Waals surface area (Å²) >= 11 is 4.57. The summed E-state index contributed by atoms with van der Waals surface area (Å²) in [5.74, 6) is 1.75. The largest absolute Gasteiger partial charge is 0.508 e. The number of thiocarbonyl (C=S) groups is 1. The van der Waals surface area contributed by atoms with Crippen LogP contribution < -0.4 is 5.73 Å². The number of aliphatic imine (C=N–C) groups is 1. The normalized spacial score (nSPS) is 11.3. The number of imidazole rings is 1. The van der Waals surface area contributed by atoms with Crippen molar-refractivity contribution in [1.29, 1.82) is 0 Å². The molecule has 0 radical (unpaired) electrons. The van der Waals surface area contributed by atoms with Gasteiger partial charge in [0, 0.05) is 18.4 Å². The lowest BCUT2D eigenvalue weighted by Crippen LogP contribution is -2.06. The number of rotatable bonds is 11. The van der Waals surface area contributed by atoms with Crippen molar-refractivity contribution < 1.29 is 9.84 Å². The highest BCUT2D eigenvalue weighted by atomic mass is 32.1. The molecule has 0 aliphatic heterocycles. The lowest BCUT2D eigenvalue weighted by Gasteiger charge is -2.13. The Morgan fingerprint density at radius 2 is 1.94 bits per heavy atom. The van der Waals surface area contributed by atoms with Gasteiger partial charge in [0.1, 0.15) is 17.1 Å². The highest BCUT2D eigenvalue weighted by molar-refractivity contribution is 7.78. The van der Waals surface area contributed by atoms with Gasteiger partial charge in [-0.3, -0.25) is 0 Å². The topological polar surface area (TPSA) is 98.5 Å². The molecule has 8 heteroatoms. The lowest BCUT2D eigenvalue weighted by molar-refractivity contribution is 0.145. The second-order valence-corrected chi connectivity index (χ2v) is 8.90. The molecule has 0 amide bonds. The molecule has 0 bridgehead atoms. The first kappa shape index (κ1) is 24.8. The maximum Gasteiger partial charge on any atom is 0.152 e. The molecule has 0 aliphatic rings. The third-order valence-corrected chi connectivity index (χ3v) is 6.28. The molecule has 4 rings (SSSR count). The van der Waals surface area contributed by atoms with E-state index in [1.807, 2.05) is 19.1 Å². The number of unbranched alkanes of at least 4 members (excludes halogenated alkanes) is 1. The fourth-order valence-electron chi connectivity index (χ4n) is 4.30. The van der Waals surface area contributed by atoms with Gasteiger partial charge in [0.15, 0.2) is 5.82 Å². The number of nitrogens with zero attached hydrogens (tertiary/aromatic N) is 4. The fourth-order valence-corrected chi connectivity index (χ4v) is 4.39. The van der Waals surface area contributed by atoms with Crippen molar-refractivity contribution in [3.8, 4) is 5.75 Å². The molecular formula is C27H31N5O2S. The van der Waals surface area contributed by atoms with Crippen LogP contribution in [0.1, 0.15) is 42.3 Å². The number of hydrogen-bond acceptors (Lipinski definition) is 7. The van der Waals surface area contributed by atoms with Crippen LogP contribution in [0.5, 0.6) is 5.75 Å². The zero-order valence-electron chi connectivity index (χ0n) is 20.3. The molecule has 0 fully saturated rings. The molecule has 0 saturated carbocycles. The number of pyridine rings is 1. The van der Waals surface area contributed by atoms with Crippen LogP contribution in [0.15, 0.2) is 41.4 Å². The molecule has 3 N–H and O–H groups in total. The highest BCUT2D eigenvalue weighted by Gasteiger charge is 2.18. The quantitative estimate of drug-likeness (QED) is 0.170. The predicted octanol–water partition coefficient (Wildman–Crippen LogP) is 5.23. The summed E-state index contributed by atoms with van der Waals surface area (Å²) in [6, 6.07) is 12.0. The van der Waals surface area contributed by atoms with E-state index in [-0.39, 0.29) is 0 Å². The minimum absolute atomic E-state index is 0.303. The van der Waals surface area contributed by atoms with Crippen molar-refractivity contribution in [3.05, 3.63) is 58.9 Å². The molecule has 2 aromatic carbocycles. The maximum atomic E-state index is 9.97. The van der Waals surface area contributed by atoms with Crippen molar-refractivity contribution in [2.24, 2.45) is 4.99 Å². The standard InChI is InChI=1S/C27H31N5O2S/c1-3-4-5-24-31-25-26(32(24)16-20-7-9-23(33)18(2)14-20)21-8-6-19(15-22(21)30-27(25)28)10-12-34-13-11-29-17-35/h6-9,14-15,33H,3-5,10-13,16H2,1-2H3,(H2,28,30). The Kier molecular flexibility index (Phi) is 8.08. The number of isothiocyanates is 1. The number of benzene rings is 2. The van der Waals surface area contributed by atoms with Crippen molar-refractivity contribution >= 4 is 45.1 Å². The first-order chi connectivity index (χ1) is 17.0. The molecule has 0 saturated heterocycles. The lowest BCUT2D eigenvalue weighted by atomic mass is 10.1. The zero-order valence-corrected chi connectivity index (χ0v) is 21.1. The van der Waals surface area contributed by atoms with E-state index in [1.165, 1.54) is 0 Å². The van der Waals surface area contributed by atoms with Crippen LogP contribution in [0.25, 0.3) is 21.9 Å². The van der Waals surface area contributed by atoms with Crippen molar-refractivity contribution in [3.63, 3.8) is 0 Å². The summed E-state index contributed by atoms with van der Waals surface area (Å²) in [7, 11) is 0. The number of nitrogen functional groups attached to an aromatic ring is 1. The zero-order chi connectivity index (χ0) is 24.8. The van der Waals surface area contributed by atoms with Crippen LogP contribution in [0.4, 0.5) is 5.82 Å². The highest BCUT2D eigenvalue weighted by Crippen LogP contribution is 2.31. The molecule has 0 unspecified atom stereocenters. The van der Waals surface area contributed by atoms with E-state index in [0.29, 0.717) is 37.9 Å². The molecular weight excluding hydrogens is 458 g/mol. The summed E-state index contributed by atoms with van der Waals surface area (Å²) in [6.45, 7) is 6.39. The number of ether oxygens (including phenoxy) is 1. The summed E-state index contributed by atoms with van der Waals surface area (Å²) in [5.41, 5.74) is 12.1. The van der Waals surface area contributed by atoms with Gasteiger partial charge in [-0.25, -0.2) is 15.0 Å². The van der Waals surface area contributed by atoms with Crippen molar-refractivity contribution in [2.45, 2.75) is 46.1 Å². The van der Waals surface area contributed by atoms with Crippen LogP contribution in [-0.2, 0) is 24.1 Å². The van der Waals surface area contributed by atoms with E-state index in [0.717, 1.165) is 70.1 Å². The van der Waals surface area contributed by atoms with Gasteiger partial charge in [-0.05, 0) is 60.8 Å². The van der Waals surface area contributed by atoms with Gasteiger partial charge in [-0.2, -0.15) is 0 Å². The number of phenolic OH excluding ortho intramolecular Hbond substituents is 1. The molecule has 182 valence electrons. The Hall–Kier alpha value is -3.32. The predicted molar refractivity (Wildman–Crippen MR) is 144 cm³/mol. The molecule has 0 spiro atoms. The number of aromatic hydroxyl groups is 1. The molecule has 2 aromatic heterocycles. The molecule has 0 aliphatic carbocycles. The summed E-state index contributed by atoms with van der Waals surface area (Å²) in [6.07, 6.45) is 3.76. The molecule has 2 heterocycles. The van der Waals surface area contributed by atoms with E-state index in [1.54, 1.807) is 6.07 Å². The maximum absolute atomic E-state index is 9.97. The van der Waals surface area contributed by atoms with Crippen LogP contribution >= 0.6 is 12.2 Å². The summed E-state index contributed by atoms with van der Waals surface area (Å²) < 4.78 is 7.89. The van der Waals surface area contributed by atoms with Crippen LogP contribution in [-0.4, -0.2) is 44.6 Å². The Morgan fingerprint density at radius 3 is 2.71 bits per heavy atom. The monoisotopic (exact) mass is 489 g/mol. The first-order valence-corrected chi connectivity index (χ1v) is 12.4. The average Bonchev–Trinajstić information content (AvgIpc) is 3.21. The van der Waals surface area contributed by atoms with Gasteiger partial charge in [0.2, 0.25) is 0 Å². The van der Waals surface area contributed by atoms with Gasteiger partial charge >= 0.3 is 0 Å². The molecule has 7 nitrogen and oxygen atoms in total. The first-order valence-electron chi connectivity index (χ1n) is 12.0. The van der Waals surface area contributed by atoms with E-state index in [9.17, 15) is 5.11 Å². The second-order valence-electron chi connectivity index (χ2n) is 8.72. The minimum atomic E-state index is 0.303. The number of phenols is 1. The van der Waals surface area contributed by atoms with Gasteiger partial charge in [-0.15, -0.1) is 0 Å². The van der Waals surface area contributed by atoms with Gasteiger partial charge < -0.3 is 20.1 Å². The van der Waals surface area contributed by atoms with Gasteiger partial charge in [0.25, 0.3) is 0 Å². The Bertz CT molecular complexity index is 1390. The van der Waals surface area contributed by atoms with Crippen LogP contribution in [0, 0.1) is 6.92 Å². The number of nitrogens with two attached hydrogens (primary N) is 1. The molecule has 4 aromatic rings.